The van der Waals surface area contributed by atoms with Crippen LogP contribution < -0.4 is 15.4 Å². The molecule has 0 radical (unpaired) electrons. The van der Waals surface area contributed by atoms with Gasteiger partial charge in [-0.15, -0.1) is 0 Å². The van der Waals surface area contributed by atoms with Crippen LogP contribution >= 0.6 is 0 Å². The van der Waals surface area contributed by atoms with Gasteiger partial charge < -0.3 is 19.8 Å². The largest absolute Gasteiger partial charge is 0.495 e. The number of ether oxygens (including phenoxy) is 1. The van der Waals surface area contributed by atoms with E-state index >= 15 is 0 Å². The first-order chi connectivity index (χ1) is 11.8. The number of carbonyl (C=O) groups is 1. The van der Waals surface area contributed by atoms with Gasteiger partial charge in [-0.25, -0.2) is 9.97 Å². The highest BCUT2D eigenvalue weighted by atomic mass is 16.5. The van der Waals surface area contributed by atoms with Crippen LogP contribution in [0.5, 0.6) is 5.75 Å². The van der Waals surface area contributed by atoms with Crippen molar-refractivity contribution in [3.8, 4) is 5.75 Å². The molecule has 0 unspecified atom stereocenters. The second-order valence-electron chi connectivity index (χ2n) is 4.87. The van der Waals surface area contributed by atoms with Crippen molar-refractivity contribution in [3.05, 3.63) is 66.5 Å². The van der Waals surface area contributed by atoms with Crippen molar-refractivity contribution < 1.29 is 13.9 Å². The standard InChI is InChI=1S/C17H16N4O3/c1-23-15-7-3-2-6-13(15)21-16-11-18-14(10-19-16)17(22)20-9-12-5-4-8-24-12/h2-8,10-11H,9H2,1H3,(H,19,21)(H,20,22). The molecular weight excluding hydrogens is 308 g/mol. The van der Waals surface area contributed by atoms with Crippen LogP contribution in [0.15, 0.2) is 59.5 Å². The number of nitrogens with zero attached hydrogens (tertiary/aromatic N) is 2. The van der Waals surface area contributed by atoms with E-state index in [0.29, 0.717) is 23.9 Å². The molecule has 7 heteroatoms. The maximum Gasteiger partial charge on any atom is 0.271 e. The Morgan fingerprint density at radius 2 is 2.04 bits per heavy atom. The Morgan fingerprint density at radius 1 is 1.17 bits per heavy atom. The lowest BCUT2D eigenvalue weighted by molar-refractivity contribution is 0.0942. The van der Waals surface area contributed by atoms with Crippen LogP contribution in [0, 0.1) is 0 Å². The molecule has 0 saturated carbocycles. The van der Waals surface area contributed by atoms with Crippen molar-refractivity contribution in [1.29, 1.82) is 0 Å². The highest BCUT2D eigenvalue weighted by Gasteiger charge is 2.09. The molecule has 0 saturated heterocycles. The lowest BCUT2D eigenvalue weighted by atomic mass is 10.3. The minimum Gasteiger partial charge on any atom is -0.495 e. The fourth-order valence-corrected chi connectivity index (χ4v) is 2.07. The molecule has 3 aromatic rings. The molecule has 0 aliphatic heterocycles. The van der Waals surface area contributed by atoms with E-state index in [0.717, 1.165) is 5.69 Å². The molecule has 3 rings (SSSR count). The third-order valence-electron chi connectivity index (χ3n) is 3.26. The Labute approximate surface area is 138 Å². The molecule has 2 aromatic heterocycles. The number of hydrogen-bond donors (Lipinski definition) is 2. The molecule has 1 aromatic carbocycles. The molecule has 0 aliphatic carbocycles. The zero-order valence-corrected chi connectivity index (χ0v) is 13.0. The number of rotatable bonds is 6. The highest BCUT2D eigenvalue weighted by Crippen LogP contribution is 2.25. The monoisotopic (exact) mass is 324 g/mol. The first-order valence-corrected chi connectivity index (χ1v) is 7.29. The zero-order valence-electron chi connectivity index (χ0n) is 13.0. The molecule has 0 fully saturated rings. The highest BCUT2D eigenvalue weighted by molar-refractivity contribution is 5.91. The maximum absolute atomic E-state index is 12.0. The van der Waals surface area contributed by atoms with E-state index in [-0.39, 0.29) is 11.6 Å². The van der Waals surface area contributed by atoms with Crippen LogP contribution in [0.1, 0.15) is 16.2 Å². The van der Waals surface area contributed by atoms with Gasteiger partial charge >= 0.3 is 0 Å². The van der Waals surface area contributed by atoms with Crippen LogP contribution in [0.3, 0.4) is 0 Å². The number of amides is 1. The normalized spacial score (nSPS) is 10.2. The number of methoxy groups -OCH3 is 1. The average molecular weight is 324 g/mol. The van der Waals surface area contributed by atoms with E-state index in [2.05, 4.69) is 20.6 Å². The molecule has 0 aliphatic rings. The molecule has 0 spiro atoms. The van der Waals surface area contributed by atoms with E-state index in [9.17, 15) is 4.79 Å². The first kappa shape index (κ1) is 15.5. The van der Waals surface area contributed by atoms with Crippen LogP contribution in [0.4, 0.5) is 11.5 Å². The van der Waals surface area contributed by atoms with E-state index in [1.165, 1.54) is 12.4 Å². The summed E-state index contributed by atoms with van der Waals surface area (Å²) < 4.78 is 10.4. The third kappa shape index (κ3) is 3.70. The Kier molecular flexibility index (Phi) is 4.71. The second kappa shape index (κ2) is 7.28. The summed E-state index contributed by atoms with van der Waals surface area (Å²) in [5.74, 6) is 1.56. The molecule has 1 amide bonds. The summed E-state index contributed by atoms with van der Waals surface area (Å²) >= 11 is 0. The number of para-hydroxylation sites is 2. The van der Waals surface area contributed by atoms with Gasteiger partial charge in [0.2, 0.25) is 0 Å². The van der Waals surface area contributed by atoms with Gasteiger partial charge in [0.1, 0.15) is 23.0 Å². The van der Waals surface area contributed by atoms with E-state index in [1.807, 2.05) is 24.3 Å². The Bertz CT molecular complexity index is 801. The van der Waals surface area contributed by atoms with Crippen molar-refractivity contribution >= 4 is 17.4 Å². The van der Waals surface area contributed by atoms with Gasteiger partial charge in [-0.1, -0.05) is 12.1 Å². The molecule has 122 valence electrons. The predicted octanol–water partition coefficient (Wildman–Crippen LogP) is 2.75. The Hall–Kier alpha value is -3.35. The number of benzene rings is 1. The smallest absolute Gasteiger partial charge is 0.271 e. The van der Waals surface area contributed by atoms with Crippen molar-refractivity contribution in [2.45, 2.75) is 6.54 Å². The Morgan fingerprint density at radius 3 is 2.75 bits per heavy atom. The fourth-order valence-electron chi connectivity index (χ4n) is 2.07. The first-order valence-electron chi connectivity index (χ1n) is 7.29. The Balaban J connectivity index is 1.63. The minimum absolute atomic E-state index is 0.229. The number of nitrogens with one attached hydrogen (secondary N) is 2. The summed E-state index contributed by atoms with van der Waals surface area (Å²) in [4.78, 5) is 20.3. The van der Waals surface area contributed by atoms with Gasteiger partial charge in [-0.3, -0.25) is 4.79 Å². The number of carbonyl (C=O) groups excluding carboxylic acids is 1. The fraction of sp³-hybridized carbons (Fsp3) is 0.118. The van der Waals surface area contributed by atoms with E-state index in [4.69, 9.17) is 9.15 Å². The second-order valence-corrected chi connectivity index (χ2v) is 4.87. The van der Waals surface area contributed by atoms with Gasteiger partial charge in [0.25, 0.3) is 5.91 Å². The summed E-state index contributed by atoms with van der Waals surface area (Å²) in [5, 5.41) is 5.81. The van der Waals surface area contributed by atoms with Crippen LogP contribution in [-0.4, -0.2) is 23.0 Å². The minimum atomic E-state index is -0.317. The summed E-state index contributed by atoms with van der Waals surface area (Å²) in [6.07, 6.45) is 4.46. The molecule has 0 atom stereocenters. The lowest BCUT2D eigenvalue weighted by Crippen LogP contribution is -2.23. The van der Waals surface area contributed by atoms with Crippen LogP contribution in [-0.2, 0) is 6.54 Å². The summed E-state index contributed by atoms with van der Waals surface area (Å²) in [7, 11) is 1.60. The van der Waals surface area contributed by atoms with Gasteiger partial charge in [-0.05, 0) is 24.3 Å². The van der Waals surface area contributed by atoms with Crippen molar-refractivity contribution in [1.82, 2.24) is 15.3 Å². The SMILES string of the molecule is COc1ccccc1Nc1cnc(C(=O)NCc2ccco2)cn1. The van der Waals surface area contributed by atoms with Gasteiger partial charge in [0.05, 0.1) is 38.0 Å². The quantitative estimate of drug-likeness (QED) is 0.725. The number of anilines is 2. The molecule has 2 N–H and O–H groups in total. The van der Waals surface area contributed by atoms with Gasteiger partial charge in [0, 0.05) is 0 Å². The van der Waals surface area contributed by atoms with Crippen molar-refractivity contribution in [2.24, 2.45) is 0 Å². The number of aromatic nitrogens is 2. The van der Waals surface area contributed by atoms with E-state index in [1.54, 1.807) is 25.5 Å². The summed E-state index contributed by atoms with van der Waals surface area (Å²) in [6.45, 7) is 0.300. The average Bonchev–Trinajstić information content (AvgIpc) is 3.14. The van der Waals surface area contributed by atoms with Crippen molar-refractivity contribution in [3.63, 3.8) is 0 Å². The third-order valence-corrected chi connectivity index (χ3v) is 3.26. The lowest BCUT2D eigenvalue weighted by Gasteiger charge is -2.10. The zero-order chi connectivity index (χ0) is 16.8. The van der Waals surface area contributed by atoms with E-state index < -0.39 is 0 Å². The van der Waals surface area contributed by atoms with Crippen LogP contribution in [0.25, 0.3) is 0 Å². The number of hydrogen-bond acceptors (Lipinski definition) is 6. The molecule has 2 heterocycles. The summed E-state index contributed by atoms with van der Waals surface area (Å²) in [6, 6.07) is 11.0. The van der Waals surface area contributed by atoms with Crippen LogP contribution in [0.2, 0.25) is 0 Å². The molecule has 0 bridgehead atoms. The molecular formula is C17H16N4O3. The van der Waals surface area contributed by atoms with Gasteiger partial charge in [0.15, 0.2) is 0 Å². The van der Waals surface area contributed by atoms with Crippen molar-refractivity contribution in [2.75, 3.05) is 12.4 Å². The summed E-state index contributed by atoms with van der Waals surface area (Å²) in [5.41, 5.74) is 0.997. The maximum atomic E-state index is 12.0. The topological polar surface area (TPSA) is 89.3 Å². The number of furan rings is 1. The molecule has 24 heavy (non-hydrogen) atoms. The predicted molar refractivity (Wildman–Crippen MR) is 88.2 cm³/mol. The van der Waals surface area contributed by atoms with Gasteiger partial charge in [-0.2, -0.15) is 0 Å². The molecule has 7 nitrogen and oxygen atoms in total.